The maximum Gasteiger partial charge on any atom is 0.408 e. The van der Waals surface area contributed by atoms with Crippen molar-refractivity contribution in [2.24, 2.45) is 0 Å². The number of likely N-dealkylation sites (N-methyl/N-ethyl adjacent to an activating group) is 1. The second-order valence-electron chi connectivity index (χ2n) is 8.01. The van der Waals surface area contributed by atoms with E-state index in [0.29, 0.717) is 6.54 Å². The fourth-order valence-corrected chi connectivity index (χ4v) is 2.65. The van der Waals surface area contributed by atoms with Crippen LogP contribution < -0.4 is 10.6 Å². The third-order valence-electron chi connectivity index (χ3n) is 3.83. The largest absolute Gasteiger partial charge is 0.444 e. The number of carbonyl (C=O) groups excluding carboxylic acids is 3. The van der Waals surface area contributed by atoms with E-state index in [1.807, 2.05) is 45.0 Å². The Labute approximate surface area is 167 Å². The van der Waals surface area contributed by atoms with Crippen LogP contribution in [0.5, 0.6) is 0 Å². The van der Waals surface area contributed by atoms with Gasteiger partial charge < -0.3 is 20.3 Å². The molecule has 1 aromatic carbocycles. The van der Waals surface area contributed by atoms with Crippen LogP contribution in [0.25, 0.3) is 0 Å². The molecule has 0 heterocycles. The molecule has 0 aliphatic rings. The van der Waals surface area contributed by atoms with E-state index < -0.39 is 17.7 Å². The number of amides is 3. The first-order valence-corrected chi connectivity index (χ1v) is 9.57. The molecule has 7 heteroatoms. The molecule has 0 radical (unpaired) electrons. The van der Waals surface area contributed by atoms with E-state index in [9.17, 15) is 14.4 Å². The molecule has 0 spiro atoms. The van der Waals surface area contributed by atoms with E-state index >= 15 is 0 Å². The highest BCUT2D eigenvalue weighted by Gasteiger charge is 2.31. The minimum absolute atomic E-state index is 0.0610. The highest BCUT2D eigenvalue weighted by molar-refractivity contribution is 5.90. The summed E-state index contributed by atoms with van der Waals surface area (Å²) in [6.45, 7) is 12.8. The maximum atomic E-state index is 12.9. The molecule has 0 aliphatic carbocycles. The summed E-state index contributed by atoms with van der Waals surface area (Å²) in [6.07, 6.45) is -0.671. The summed E-state index contributed by atoms with van der Waals surface area (Å²) in [5.41, 5.74) is 1.13. The molecule has 28 heavy (non-hydrogen) atoms. The summed E-state index contributed by atoms with van der Waals surface area (Å²) >= 11 is 0. The monoisotopic (exact) mass is 391 g/mol. The van der Waals surface area contributed by atoms with Crippen molar-refractivity contribution in [3.8, 4) is 0 Å². The van der Waals surface area contributed by atoms with Crippen molar-refractivity contribution in [2.45, 2.75) is 66.2 Å². The third kappa shape index (κ3) is 7.58. The Hall–Kier alpha value is -2.57. The Morgan fingerprint density at radius 1 is 1.11 bits per heavy atom. The molecule has 0 saturated heterocycles. The summed E-state index contributed by atoms with van der Waals surface area (Å²) in [6, 6.07) is 6.66. The summed E-state index contributed by atoms with van der Waals surface area (Å²) in [5, 5.41) is 5.34. The molecule has 0 fully saturated rings. The SMILES string of the molecule is CCN(C(=O)CNC(=O)OC(C)(C)C)C(C(=O)NC(C)C)c1ccc(C)cc1. The average molecular weight is 392 g/mol. The van der Waals surface area contributed by atoms with Gasteiger partial charge in [0, 0.05) is 12.6 Å². The van der Waals surface area contributed by atoms with Crippen molar-refractivity contribution < 1.29 is 19.1 Å². The second kappa shape index (κ2) is 10.1. The Morgan fingerprint density at radius 2 is 1.68 bits per heavy atom. The lowest BCUT2D eigenvalue weighted by molar-refractivity contribution is -0.140. The Kier molecular flexibility index (Phi) is 8.47. The number of rotatable bonds is 7. The van der Waals surface area contributed by atoms with Gasteiger partial charge in [0.05, 0.1) is 0 Å². The molecular weight excluding hydrogens is 358 g/mol. The zero-order chi connectivity index (χ0) is 21.5. The minimum Gasteiger partial charge on any atom is -0.444 e. The fourth-order valence-electron chi connectivity index (χ4n) is 2.65. The van der Waals surface area contributed by atoms with Crippen molar-refractivity contribution in [3.63, 3.8) is 0 Å². The van der Waals surface area contributed by atoms with Gasteiger partial charge in [0.1, 0.15) is 18.2 Å². The average Bonchev–Trinajstić information content (AvgIpc) is 2.56. The van der Waals surface area contributed by atoms with E-state index in [0.717, 1.165) is 11.1 Å². The number of benzene rings is 1. The summed E-state index contributed by atoms with van der Waals surface area (Å²) in [5.74, 6) is -0.621. The van der Waals surface area contributed by atoms with Gasteiger partial charge in [-0.1, -0.05) is 29.8 Å². The molecule has 2 N–H and O–H groups in total. The van der Waals surface area contributed by atoms with Crippen LogP contribution in [0.1, 0.15) is 58.7 Å². The number of carbonyl (C=O) groups is 3. The lowest BCUT2D eigenvalue weighted by atomic mass is 10.0. The maximum absolute atomic E-state index is 12.9. The molecule has 156 valence electrons. The van der Waals surface area contributed by atoms with E-state index in [2.05, 4.69) is 10.6 Å². The quantitative estimate of drug-likeness (QED) is 0.748. The highest BCUT2D eigenvalue weighted by atomic mass is 16.6. The van der Waals surface area contributed by atoms with Gasteiger partial charge in [0.15, 0.2) is 0 Å². The van der Waals surface area contributed by atoms with Gasteiger partial charge in [-0.3, -0.25) is 9.59 Å². The molecule has 0 bridgehead atoms. The van der Waals surface area contributed by atoms with Gasteiger partial charge in [0.25, 0.3) is 0 Å². The fraction of sp³-hybridized carbons (Fsp3) is 0.571. The van der Waals surface area contributed by atoms with Crippen molar-refractivity contribution in [1.82, 2.24) is 15.5 Å². The first-order valence-electron chi connectivity index (χ1n) is 9.57. The van der Waals surface area contributed by atoms with Crippen molar-refractivity contribution in [2.75, 3.05) is 13.1 Å². The van der Waals surface area contributed by atoms with Crippen LogP contribution in [-0.2, 0) is 14.3 Å². The number of hydrogen-bond donors (Lipinski definition) is 2. The lowest BCUT2D eigenvalue weighted by Gasteiger charge is -2.31. The van der Waals surface area contributed by atoms with Crippen LogP contribution in [0.3, 0.4) is 0 Å². The van der Waals surface area contributed by atoms with Crippen LogP contribution >= 0.6 is 0 Å². The lowest BCUT2D eigenvalue weighted by Crippen LogP contribution is -2.48. The van der Waals surface area contributed by atoms with Crippen molar-refractivity contribution in [3.05, 3.63) is 35.4 Å². The topological polar surface area (TPSA) is 87.7 Å². The first-order chi connectivity index (χ1) is 12.9. The number of ether oxygens (including phenoxy) is 1. The van der Waals surface area contributed by atoms with E-state index in [1.165, 1.54) is 4.90 Å². The normalized spacial score (nSPS) is 12.3. The molecule has 1 rings (SSSR count). The van der Waals surface area contributed by atoms with Crippen LogP contribution in [0.15, 0.2) is 24.3 Å². The van der Waals surface area contributed by atoms with Crippen LogP contribution in [-0.4, -0.2) is 47.5 Å². The standard InChI is InChI=1S/C21H33N3O4/c1-8-24(17(25)13-22-20(27)28-21(5,6)7)18(19(26)23-14(2)3)16-11-9-15(4)10-12-16/h9-12,14,18H,8,13H2,1-7H3,(H,22,27)(H,23,26). The second-order valence-corrected chi connectivity index (χ2v) is 8.01. The van der Waals surface area contributed by atoms with Gasteiger partial charge in [0.2, 0.25) is 11.8 Å². The summed E-state index contributed by atoms with van der Waals surface area (Å²) in [4.78, 5) is 38.9. The van der Waals surface area contributed by atoms with Crippen LogP contribution in [0.4, 0.5) is 4.79 Å². The van der Waals surface area contributed by atoms with Gasteiger partial charge in [-0.2, -0.15) is 0 Å². The van der Waals surface area contributed by atoms with Crippen molar-refractivity contribution in [1.29, 1.82) is 0 Å². The number of nitrogens with zero attached hydrogens (tertiary/aromatic N) is 1. The molecule has 1 atom stereocenters. The highest BCUT2D eigenvalue weighted by Crippen LogP contribution is 2.22. The van der Waals surface area contributed by atoms with Gasteiger partial charge in [-0.15, -0.1) is 0 Å². The molecule has 0 aromatic heterocycles. The summed E-state index contributed by atoms with van der Waals surface area (Å²) in [7, 11) is 0. The van der Waals surface area contributed by atoms with E-state index in [1.54, 1.807) is 27.7 Å². The predicted molar refractivity (Wildman–Crippen MR) is 109 cm³/mol. The zero-order valence-electron chi connectivity index (χ0n) is 18.0. The summed E-state index contributed by atoms with van der Waals surface area (Å²) < 4.78 is 5.16. The zero-order valence-corrected chi connectivity index (χ0v) is 18.0. The Bertz CT molecular complexity index is 678. The van der Waals surface area contributed by atoms with Crippen molar-refractivity contribution >= 4 is 17.9 Å². The third-order valence-corrected chi connectivity index (χ3v) is 3.83. The first kappa shape index (κ1) is 23.5. The van der Waals surface area contributed by atoms with Crippen LogP contribution in [0, 0.1) is 6.92 Å². The molecule has 1 unspecified atom stereocenters. The number of hydrogen-bond acceptors (Lipinski definition) is 4. The van der Waals surface area contributed by atoms with Gasteiger partial charge >= 0.3 is 6.09 Å². The number of aryl methyl sites for hydroxylation is 1. The van der Waals surface area contributed by atoms with Crippen LogP contribution in [0.2, 0.25) is 0 Å². The molecular formula is C21H33N3O4. The Balaban J connectivity index is 3.01. The molecule has 0 saturated carbocycles. The molecule has 1 aromatic rings. The molecule has 3 amide bonds. The van der Waals surface area contributed by atoms with Gasteiger partial charge in [-0.25, -0.2) is 4.79 Å². The van der Waals surface area contributed by atoms with E-state index in [-0.39, 0.29) is 24.4 Å². The number of alkyl carbamates (subject to hydrolysis) is 1. The minimum atomic E-state index is -0.777. The molecule has 7 nitrogen and oxygen atoms in total. The smallest absolute Gasteiger partial charge is 0.408 e. The van der Waals surface area contributed by atoms with Gasteiger partial charge in [-0.05, 0) is 54.0 Å². The Morgan fingerprint density at radius 3 is 2.14 bits per heavy atom. The van der Waals surface area contributed by atoms with E-state index in [4.69, 9.17) is 4.74 Å². The number of nitrogens with one attached hydrogen (secondary N) is 2. The molecule has 0 aliphatic heterocycles. The predicted octanol–water partition coefficient (Wildman–Crippen LogP) is 2.93.